The third kappa shape index (κ3) is 4.80. The van der Waals surface area contributed by atoms with Gasteiger partial charge in [0, 0.05) is 13.0 Å². The standard InChI is InChI=1S/C15H18N4O4/c1-2-19-13(16-10-17-19)8-12(14(20)21)18-15(22)23-9-11-6-4-3-5-7-11/h3-7,10,12H,2,8-9H2,1H3,(H,18,22)(H,20,21). The van der Waals surface area contributed by atoms with Crippen molar-refractivity contribution in [2.24, 2.45) is 0 Å². The second-order valence-corrected chi connectivity index (χ2v) is 4.79. The average Bonchev–Trinajstić information content (AvgIpc) is 3.00. The fraction of sp³-hybridized carbons (Fsp3) is 0.333. The van der Waals surface area contributed by atoms with Crippen molar-refractivity contribution in [3.8, 4) is 0 Å². The molecule has 2 rings (SSSR count). The summed E-state index contributed by atoms with van der Waals surface area (Å²) in [6, 6.07) is 8.00. The summed E-state index contributed by atoms with van der Waals surface area (Å²) in [6.07, 6.45) is 0.596. The van der Waals surface area contributed by atoms with E-state index in [1.54, 1.807) is 4.68 Å². The van der Waals surface area contributed by atoms with Gasteiger partial charge in [-0.3, -0.25) is 4.68 Å². The van der Waals surface area contributed by atoms with Crippen LogP contribution in [0.25, 0.3) is 0 Å². The number of hydrogen-bond donors (Lipinski definition) is 2. The van der Waals surface area contributed by atoms with Crippen molar-refractivity contribution < 1.29 is 19.4 Å². The molecule has 0 aliphatic rings. The lowest BCUT2D eigenvalue weighted by Gasteiger charge is -2.14. The maximum absolute atomic E-state index is 11.8. The van der Waals surface area contributed by atoms with Gasteiger partial charge >= 0.3 is 12.1 Å². The maximum Gasteiger partial charge on any atom is 0.408 e. The molecule has 23 heavy (non-hydrogen) atoms. The molecule has 122 valence electrons. The minimum Gasteiger partial charge on any atom is -0.480 e. The molecule has 1 unspecified atom stereocenters. The van der Waals surface area contributed by atoms with Crippen LogP contribution in [-0.4, -0.2) is 38.0 Å². The summed E-state index contributed by atoms with van der Waals surface area (Å²) in [7, 11) is 0. The lowest BCUT2D eigenvalue weighted by molar-refractivity contribution is -0.139. The van der Waals surface area contributed by atoms with Crippen LogP contribution < -0.4 is 5.32 Å². The molecule has 0 bridgehead atoms. The fourth-order valence-electron chi connectivity index (χ4n) is 2.00. The van der Waals surface area contributed by atoms with Crippen molar-refractivity contribution in [3.05, 3.63) is 48.0 Å². The van der Waals surface area contributed by atoms with Crippen LogP contribution in [0.15, 0.2) is 36.7 Å². The highest BCUT2D eigenvalue weighted by molar-refractivity contribution is 5.80. The summed E-state index contributed by atoms with van der Waals surface area (Å²) in [6.45, 7) is 2.51. The van der Waals surface area contributed by atoms with E-state index in [0.29, 0.717) is 12.4 Å². The molecule has 0 radical (unpaired) electrons. The van der Waals surface area contributed by atoms with Gasteiger partial charge in [-0.1, -0.05) is 30.3 Å². The number of rotatable bonds is 7. The quantitative estimate of drug-likeness (QED) is 0.795. The highest BCUT2D eigenvalue weighted by atomic mass is 16.5. The third-order valence-corrected chi connectivity index (χ3v) is 3.18. The fourth-order valence-corrected chi connectivity index (χ4v) is 2.00. The van der Waals surface area contributed by atoms with Gasteiger partial charge in [0.05, 0.1) is 0 Å². The van der Waals surface area contributed by atoms with Crippen molar-refractivity contribution in [1.82, 2.24) is 20.1 Å². The Morgan fingerprint density at radius 3 is 2.74 bits per heavy atom. The zero-order valence-electron chi connectivity index (χ0n) is 12.7. The number of amides is 1. The van der Waals surface area contributed by atoms with E-state index in [2.05, 4.69) is 15.4 Å². The van der Waals surface area contributed by atoms with Gasteiger partial charge in [0.25, 0.3) is 0 Å². The van der Waals surface area contributed by atoms with Crippen LogP contribution in [0.2, 0.25) is 0 Å². The highest BCUT2D eigenvalue weighted by Crippen LogP contribution is 2.03. The second-order valence-electron chi connectivity index (χ2n) is 4.79. The summed E-state index contributed by atoms with van der Waals surface area (Å²) in [5, 5.41) is 15.5. The average molecular weight is 318 g/mol. The van der Waals surface area contributed by atoms with E-state index in [9.17, 15) is 14.7 Å². The van der Waals surface area contributed by atoms with Gasteiger partial charge in [0.2, 0.25) is 0 Å². The predicted molar refractivity (Wildman–Crippen MR) is 80.6 cm³/mol. The number of benzene rings is 1. The number of carboxylic acids is 1. The monoisotopic (exact) mass is 318 g/mol. The number of aryl methyl sites for hydroxylation is 1. The Morgan fingerprint density at radius 1 is 1.35 bits per heavy atom. The topological polar surface area (TPSA) is 106 Å². The molecule has 2 aromatic rings. The molecule has 0 fully saturated rings. The summed E-state index contributed by atoms with van der Waals surface area (Å²) in [4.78, 5) is 27.1. The molecule has 1 aromatic heterocycles. The summed E-state index contributed by atoms with van der Waals surface area (Å²) >= 11 is 0. The van der Waals surface area contributed by atoms with Crippen LogP contribution in [0, 0.1) is 0 Å². The molecule has 0 aliphatic carbocycles. The molecule has 1 heterocycles. The van der Waals surface area contributed by atoms with E-state index in [1.807, 2.05) is 37.3 Å². The first-order chi connectivity index (χ1) is 11.1. The van der Waals surface area contributed by atoms with Crippen molar-refractivity contribution >= 4 is 12.1 Å². The third-order valence-electron chi connectivity index (χ3n) is 3.18. The Labute approximate surface area is 133 Å². The number of nitrogens with one attached hydrogen (secondary N) is 1. The minimum absolute atomic E-state index is 0.0314. The van der Waals surface area contributed by atoms with Gasteiger partial charge < -0.3 is 15.2 Å². The number of aromatic nitrogens is 3. The number of ether oxygens (including phenoxy) is 1. The van der Waals surface area contributed by atoms with E-state index < -0.39 is 18.1 Å². The van der Waals surface area contributed by atoms with Crippen molar-refractivity contribution in [3.63, 3.8) is 0 Å². The number of alkyl carbamates (subject to hydrolysis) is 1. The van der Waals surface area contributed by atoms with Gasteiger partial charge in [-0.15, -0.1) is 0 Å². The first kappa shape index (κ1) is 16.5. The van der Waals surface area contributed by atoms with Crippen LogP contribution in [-0.2, 0) is 29.1 Å². The smallest absolute Gasteiger partial charge is 0.408 e. The molecule has 0 saturated carbocycles. The molecule has 1 atom stereocenters. The number of nitrogens with zero attached hydrogens (tertiary/aromatic N) is 3. The van der Waals surface area contributed by atoms with E-state index in [4.69, 9.17) is 4.74 Å². The number of carboxylic acid groups (broad SMARTS) is 1. The first-order valence-electron chi connectivity index (χ1n) is 7.16. The lowest BCUT2D eigenvalue weighted by Crippen LogP contribution is -2.43. The highest BCUT2D eigenvalue weighted by Gasteiger charge is 2.23. The van der Waals surface area contributed by atoms with Gasteiger partial charge in [0.15, 0.2) is 0 Å². The normalized spacial score (nSPS) is 11.7. The molecule has 2 N–H and O–H groups in total. The second kappa shape index (κ2) is 7.92. The molecule has 1 aromatic carbocycles. The van der Waals surface area contributed by atoms with E-state index in [1.165, 1.54) is 6.33 Å². The lowest BCUT2D eigenvalue weighted by atomic mass is 10.2. The molecule has 8 heteroatoms. The Morgan fingerprint density at radius 2 is 2.09 bits per heavy atom. The van der Waals surface area contributed by atoms with Crippen LogP contribution in [0.4, 0.5) is 4.79 Å². The van der Waals surface area contributed by atoms with Gasteiger partial charge in [-0.2, -0.15) is 5.10 Å². The summed E-state index contributed by atoms with van der Waals surface area (Å²) < 4.78 is 6.60. The number of aliphatic carboxylic acids is 1. The number of carbonyl (C=O) groups excluding carboxylic acids is 1. The summed E-state index contributed by atoms with van der Waals surface area (Å²) in [5.41, 5.74) is 0.820. The zero-order chi connectivity index (χ0) is 16.7. The van der Waals surface area contributed by atoms with Crippen LogP contribution in [0.1, 0.15) is 18.3 Å². The molecule has 0 spiro atoms. The Bertz CT molecular complexity index is 657. The Balaban J connectivity index is 1.91. The Kier molecular flexibility index (Phi) is 5.67. The molecule has 1 amide bonds. The molecular weight excluding hydrogens is 300 g/mol. The zero-order valence-corrected chi connectivity index (χ0v) is 12.7. The first-order valence-corrected chi connectivity index (χ1v) is 7.16. The van der Waals surface area contributed by atoms with Crippen LogP contribution >= 0.6 is 0 Å². The largest absolute Gasteiger partial charge is 0.480 e. The molecule has 0 aliphatic heterocycles. The minimum atomic E-state index is -1.16. The molecular formula is C15H18N4O4. The number of carbonyl (C=O) groups is 2. The van der Waals surface area contributed by atoms with E-state index in [0.717, 1.165) is 5.56 Å². The van der Waals surface area contributed by atoms with Gasteiger partial charge in [-0.05, 0) is 12.5 Å². The van der Waals surface area contributed by atoms with Crippen LogP contribution in [0.5, 0.6) is 0 Å². The molecule has 0 saturated heterocycles. The van der Waals surface area contributed by atoms with Gasteiger partial charge in [0.1, 0.15) is 24.8 Å². The van der Waals surface area contributed by atoms with Gasteiger partial charge in [-0.25, -0.2) is 14.6 Å². The SMILES string of the molecule is CCn1ncnc1CC(NC(=O)OCc1ccccc1)C(=O)O. The summed E-state index contributed by atoms with van der Waals surface area (Å²) in [5.74, 6) is -0.671. The van der Waals surface area contributed by atoms with Crippen molar-refractivity contribution in [1.29, 1.82) is 0 Å². The van der Waals surface area contributed by atoms with E-state index >= 15 is 0 Å². The maximum atomic E-state index is 11.8. The van der Waals surface area contributed by atoms with Crippen LogP contribution in [0.3, 0.4) is 0 Å². The predicted octanol–water partition coefficient (Wildman–Crippen LogP) is 1.22. The Hall–Kier alpha value is -2.90. The van der Waals surface area contributed by atoms with E-state index in [-0.39, 0.29) is 13.0 Å². The number of hydrogen-bond acceptors (Lipinski definition) is 5. The van der Waals surface area contributed by atoms with Crippen molar-refractivity contribution in [2.75, 3.05) is 0 Å². The van der Waals surface area contributed by atoms with Crippen molar-refractivity contribution in [2.45, 2.75) is 32.5 Å². The molecule has 8 nitrogen and oxygen atoms in total.